The van der Waals surface area contributed by atoms with Crippen molar-refractivity contribution in [3.8, 4) is 11.5 Å². The van der Waals surface area contributed by atoms with Crippen molar-refractivity contribution in [2.75, 3.05) is 6.61 Å². The number of hydrogen-bond donors (Lipinski definition) is 1. The van der Waals surface area contributed by atoms with Crippen LogP contribution < -0.4 is 9.47 Å². The molecule has 0 fully saturated rings. The molecule has 0 bridgehead atoms. The molecule has 2 heterocycles. The van der Waals surface area contributed by atoms with Crippen molar-refractivity contribution in [3.63, 3.8) is 0 Å². The smallest absolute Gasteiger partial charge is 0.343 e. The van der Waals surface area contributed by atoms with Crippen LogP contribution in [0, 0.1) is 17.1 Å². The third kappa shape index (κ3) is 4.76. The number of halogens is 1. The van der Waals surface area contributed by atoms with Gasteiger partial charge in [-0.25, -0.2) is 9.18 Å². The summed E-state index contributed by atoms with van der Waals surface area (Å²) in [6.45, 7) is 6.05. The Morgan fingerprint density at radius 2 is 1.94 bits per heavy atom. The number of amidine groups is 2. The zero-order chi connectivity index (χ0) is 24.4. The largest absolute Gasteiger partial charge is 0.490 e. The second-order valence-electron chi connectivity index (χ2n) is 7.65. The molecule has 8 nitrogen and oxygen atoms in total. The number of fused-ring (bicyclic) bond motifs is 1. The molecule has 34 heavy (non-hydrogen) atoms. The highest BCUT2D eigenvalue weighted by molar-refractivity contribution is 8.27. The van der Waals surface area contributed by atoms with Crippen LogP contribution in [0.3, 0.4) is 0 Å². The number of carbonyl (C=O) groups is 2. The Bertz CT molecular complexity index is 1270. The molecule has 1 amide bonds. The van der Waals surface area contributed by atoms with Crippen LogP contribution in [0.5, 0.6) is 11.5 Å². The van der Waals surface area contributed by atoms with E-state index in [4.69, 9.17) is 14.9 Å². The van der Waals surface area contributed by atoms with Gasteiger partial charge in [0.2, 0.25) is 5.17 Å². The first-order chi connectivity index (χ1) is 16.3. The Morgan fingerprint density at radius 3 is 2.62 bits per heavy atom. The summed E-state index contributed by atoms with van der Waals surface area (Å²) in [5.74, 6) is -1.12. The number of ether oxygens (including phenoxy) is 2. The second-order valence-corrected chi connectivity index (χ2v) is 8.64. The summed E-state index contributed by atoms with van der Waals surface area (Å²) >= 11 is 1.28. The van der Waals surface area contributed by atoms with Crippen molar-refractivity contribution in [2.45, 2.75) is 20.8 Å². The number of carbonyl (C=O) groups excluding carboxylic acids is 2. The summed E-state index contributed by atoms with van der Waals surface area (Å²) < 4.78 is 24.2. The summed E-state index contributed by atoms with van der Waals surface area (Å²) in [7, 11) is 0. The fourth-order valence-electron chi connectivity index (χ4n) is 3.12. The molecule has 0 atom stereocenters. The number of esters is 1. The highest BCUT2D eigenvalue weighted by Gasteiger charge is 2.36. The van der Waals surface area contributed by atoms with Gasteiger partial charge >= 0.3 is 5.97 Å². The van der Waals surface area contributed by atoms with Gasteiger partial charge in [0.15, 0.2) is 17.3 Å². The Hall–Kier alpha value is -3.79. The zero-order valence-electron chi connectivity index (χ0n) is 18.7. The van der Waals surface area contributed by atoms with E-state index in [9.17, 15) is 14.0 Å². The lowest BCUT2D eigenvalue weighted by molar-refractivity contribution is -0.114. The fraction of sp³-hybridized carbons (Fsp3) is 0.208. The van der Waals surface area contributed by atoms with E-state index in [1.54, 1.807) is 19.1 Å². The third-order valence-corrected chi connectivity index (χ3v) is 6.03. The lowest BCUT2D eigenvalue weighted by Crippen LogP contribution is -2.35. The predicted molar refractivity (Wildman–Crippen MR) is 129 cm³/mol. The molecule has 1 N–H and O–H groups in total. The maximum Gasteiger partial charge on any atom is 0.343 e. The fourth-order valence-corrected chi connectivity index (χ4v) is 4.01. The summed E-state index contributed by atoms with van der Waals surface area (Å²) in [5, 5.41) is 15.4. The molecule has 2 aromatic rings. The van der Waals surface area contributed by atoms with Gasteiger partial charge in [-0.1, -0.05) is 19.9 Å². The lowest BCUT2D eigenvalue weighted by Gasteiger charge is -2.20. The summed E-state index contributed by atoms with van der Waals surface area (Å²) in [4.78, 5) is 29.1. The quantitative estimate of drug-likeness (QED) is 0.365. The number of rotatable bonds is 6. The average molecular weight is 481 g/mol. The molecule has 0 saturated heterocycles. The molecule has 2 aliphatic rings. The maximum absolute atomic E-state index is 13.1. The van der Waals surface area contributed by atoms with Gasteiger partial charge < -0.3 is 9.47 Å². The van der Waals surface area contributed by atoms with Gasteiger partial charge in [-0.2, -0.15) is 15.1 Å². The van der Waals surface area contributed by atoms with Crippen LogP contribution in [-0.4, -0.2) is 39.5 Å². The number of benzene rings is 2. The minimum Gasteiger partial charge on any atom is -0.490 e. The molecule has 4 rings (SSSR count). The Labute approximate surface area is 199 Å². The molecule has 2 aromatic carbocycles. The SMILES string of the molecule is CCOc1cc(/C=C2/C(=N)N3N=C(C(C)C)SC3=NC2=O)ccc1OC(=O)c1ccc(F)cc1. The van der Waals surface area contributed by atoms with Crippen molar-refractivity contribution >= 4 is 45.8 Å². The van der Waals surface area contributed by atoms with E-state index >= 15 is 0 Å². The molecule has 0 aromatic heterocycles. The number of hydrazone groups is 1. The van der Waals surface area contributed by atoms with Crippen LogP contribution in [0.25, 0.3) is 6.08 Å². The first-order valence-electron chi connectivity index (χ1n) is 10.5. The minimum atomic E-state index is -0.663. The second kappa shape index (κ2) is 9.60. The molecule has 0 saturated carbocycles. The zero-order valence-corrected chi connectivity index (χ0v) is 19.5. The lowest BCUT2D eigenvalue weighted by atomic mass is 10.1. The Morgan fingerprint density at radius 1 is 1.21 bits per heavy atom. The first kappa shape index (κ1) is 23.4. The maximum atomic E-state index is 13.1. The van der Waals surface area contributed by atoms with E-state index in [1.807, 2.05) is 13.8 Å². The van der Waals surface area contributed by atoms with Gasteiger partial charge in [0, 0.05) is 5.92 Å². The molecule has 174 valence electrons. The van der Waals surface area contributed by atoms with Gasteiger partial charge in [-0.05, 0) is 66.7 Å². The predicted octanol–water partition coefficient (Wildman–Crippen LogP) is 4.72. The standard InChI is InChI=1S/C24H21FN4O4S/c1-4-32-19-12-14(5-10-18(19)33-23(31)15-6-8-16(25)9-7-15)11-17-20(26)29-24(27-21(17)30)34-22(28-29)13(2)3/h5-13,26H,4H2,1-3H3/b17-11-,26-20?. The molecule has 0 spiro atoms. The molecular weight excluding hydrogens is 459 g/mol. The number of nitrogens with zero attached hydrogens (tertiary/aromatic N) is 3. The van der Waals surface area contributed by atoms with Gasteiger partial charge in [0.25, 0.3) is 5.91 Å². The van der Waals surface area contributed by atoms with Crippen molar-refractivity contribution in [2.24, 2.45) is 16.0 Å². The van der Waals surface area contributed by atoms with Gasteiger partial charge in [0.05, 0.1) is 17.7 Å². The van der Waals surface area contributed by atoms with Gasteiger partial charge in [-0.3, -0.25) is 10.2 Å². The molecule has 0 unspecified atom stereocenters. The Kier molecular flexibility index (Phi) is 6.60. The normalized spacial score (nSPS) is 16.5. The van der Waals surface area contributed by atoms with Crippen LogP contribution >= 0.6 is 11.8 Å². The van der Waals surface area contributed by atoms with Crippen molar-refractivity contribution in [1.82, 2.24) is 5.01 Å². The number of amides is 1. The third-order valence-electron chi connectivity index (χ3n) is 4.83. The average Bonchev–Trinajstić information content (AvgIpc) is 3.23. The molecule has 2 aliphatic heterocycles. The topological polar surface area (TPSA) is 104 Å². The first-order valence-corrected chi connectivity index (χ1v) is 11.3. The number of nitrogens with one attached hydrogen (secondary N) is 1. The van der Waals surface area contributed by atoms with E-state index in [2.05, 4.69) is 10.1 Å². The highest BCUT2D eigenvalue weighted by atomic mass is 32.2. The highest BCUT2D eigenvalue weighted by Crippen LogP contribution is 2.33. The Balaban J connectivity index is 1.61. The van der Waals surface area contributed by atoms with E-state index in [0.29, 0.717) is 17.3 Å². The molecule has 0 radical (unpaired) electrons. The summed E-state index contributed by atoms with van der Waals surface area (Å²) in [5.41, 5.74) is 0.822. The van der Waals surface area contributed by atoms with Crippen LogP contribution in [-0.2, 0) is 4.79 Å². The number of hydrogen-bond acceptors (Lipinski definition) is 7. The van der Waals surface area contributed by atoms with E-state index in [1.165, 1.54) is 53.2 Å². The van der Waals surface area contributed by atoms with E-state index in [-0.39, 0.29) is 34.4 Å². The number of aliphatic imine (C=N–C) groups is 1. The van der Waals surface area contributed by atoms with Crippen molar-refractivity contribution in [1.29, 1.82) is 5.41 Å². The van der Waals surface area contributed by atoms with Crippen LogP contribution in [0.2, 0.25) is 0 Å². The monoisotopic (exact) mass is 480 g/mol. The van der Waals surface area contributed by atoms with E-state index in [0.717, 1.165) is 5.04 Å². The minimum absolute atomic E-state index is 0.0667. The van der Waals surface area contributed by atoms with Crippen LogP contribution in [0.1, 0.15) is 36.7 Å². The summed E-state index contributed by atoms with van der Waals surface area (Å²) in [6, 6.07) is 9.77. The number of thioether (sulfide) groups is 1. The van der Waals surface area contributed by atoms with Gasteiger partial charge in [0.1, 0.15) is 10.9 Å². The summed E-state index contributed by atoms with van der Waals surface area (Å²) in [6.07, 6.45) is 1.52. The molecular formula is C24H21FN4O4S. The van der Waals surface area contributed by atoms with Crippen LogP contribution in [0.4, 0.5) is 4.39 Å². The molecule has 0 aliphatic carbocycles. The molecule has 10 heteroatoms. The van der Waals surface area contributed by atoms with Crippen LogP contribution in [0.15, 0.2) is 58.1 Å². The van der Waals surface area contributed by atoms with Gasteiger partial charge in [-0.15, -0.1) is 0 Å². The van der Waals surface area contributed by atoms with Crippen molar-refractivity contribution < 1.29 is 23.5 Å². The van der Waals surface area contributed by atoms with Crippen molar-refractivity contribution in [3.05, 3.63) is 65.0 Å². The van der Waals surface area contributed by atoms with E-state index < -0.39 is 17.7 Å².